The van der Waals surface area contributed by atoms with Gasteiger partial charge in [0.2, 0.25) is 5.78 Å². The third-order valence-electron chi connectivity index (χ3n) is 4.81. The molecule has 3 rings (SSSR count). The second kappa shape index (κ2) is 8.95. The molecule has 0 saturated heterocycles. The van der Waals surface area contributed by atoms with Crippen molar-refractivity contribution in [2.24, 2.45) is 0 Å². The molecule has 29 heavy (non-hydrogen) atoms. The number of benzene rings is 2. The van der Waals surface area contributed by atoms with E-state index >= 15 is 0 Å². The van der Waals surface area contributed by atoms with E-state index in [1.54, 1.807) is 0 Å². The maximum Gasteiger partial charge on any atom is 0.407 e. The summed E-state index contributed by atoms with van der Waals surface area (Å²) >= 11 is 0. The van der Waals surface area contributed by atoms with Gasteiger partial charge in [-0.2, -0.15) is 4.79 Å². The van der Waals surface area contributed by atoms with Crippen LogP contribution in [0.15, 0.2) is 48.5 Å². The average Bonchev–Trinajstić information content (AvgIpc) is 3.03. The number of hydrogen-bond donors (Lipinski definition) is 2. The molecule has 1 unspecified atom stereocenters. The lowest BCUT2D eigenvalue weighted by molar-refractivity contribution is -0.139. The first-order valence-electron chi connectivity index (χ1n) is 9.06. The lowest BCUT2D eigenvalue weighted by Gasteiger charge is -2.17. The molecule has 1 aliphatic carbocycles. The van der Waals surface area contributed by atoms with Gasteiger partial charge < -0.3 is 20.7 Å². The monoisotopic (exact) mass is 393 g/mol. The molecular formula is C21H19N3O5. The van der Waals surface area contributed by atoms with Crippen molar-refractivity contribution >= 4 is 24.1 Å². The third kappa shape index (κ3) is 4.56. The quantitative estimate of drug-likeness (QED) is 0.405. The van der Waals surface area contributed by atoms with Crippen molar-refractivity contribution in [1.29, 1.82) is 0 Å². The highest BCUT2D eigenvalue weighted by atomic mass is 16.5. The lowest BCUT2D eigenvalue weighted by Crippen LogP contribution is -2.41. The van der Waals surface area contributed by atoms with E-state index in [1.165, 1.54) is 0 Å². The minimum Gasteiger partial charge on any atom is -0.480 e. The van der Waals surface area contributed by atoms with Crippen LogP contribution in [0.2, 0.25) is 0 Å². The zero-order chi connectivity index (χ0) is 20.8. The van der Waals surface area contributed by atoms with Gasteiger partial charge in [-0.25, -0.2) is 9.59 Å². The molecule has 8 nitrogen and oxygen atoms in total. The van der Waals surface area contributed by atoms with Crippen LogP contribution in [0.25, 0.3) is 16.7 Å². The van der Waals surface area contributed by atoms with Crippen LogP contribution >= 0.6 is 0 Å². The molecule has 2 aromatic rings. The van der Waals surface area contributed by atoms with Crippen molar-refractivity contribution in [2.75, 3.05) is 6.61 Å². The van der Waals surface area contributed by atoms with Gasteiger partial charge in [-0.1, -0.05) is 48.5 Å². The normalized spacial score (nSPS) is 12.8. The molecule has 1 amide bonds. The third-order valence-corrected chi connectivity index (χ3v) is 4.81. The summed E-state index contributed by atoms with van der Waals surface area (Å²) in [5.74, 6) is -1.97. The number of Topliss-reactive ketones (excluding diaryl/α,β-unsaturated/α-hetero) is 1. The van der Waals surface area contributed by atoms with Crippen molar-refractivity contribution in [2.45, 2.75) is 24.8 Å². The van der Waals surface area contributed by atoms with Crippen molar-refractivity contribution < 1.29 is 29.0 Å². The predicted molar refractivity (Wildman–Crippen MR) is 104 cm³/mol. The van der Waals surface area contributed by atoms with Crippen molar-refractivity contribution in [3.05, 3.63) is 65.2 Å². The number of alkyl carbamates (subject to hydrolysis) is 1. The van der Waals surface area contributed by atoms with Gasteiger partial charge in [-0.15, -0.1) is 0 Å². The van der Waals surface area contributed by atoms with Crippen LogP contribution in [0.3, 0.4) is 0 Å². The molecule has 8 heteroatoms. The van der Waals surface area contributed by atoms with Crippen LogP contribution in [-0.4, -0.2) is 46.6 Å². The van der Waals surface area contributed by atoms with E-state index in [9.17, 15) is 19.5 Å². The number of aliphatic carboxylic acids is 1. The number of amides is 1. The van der Waals surface area contributed by atoms with E-state index in [-0.39, 0.29) is 25.4 Å². The number of carboxylic acids is 1. The molecule has 0 aliphatic heterocycles. The highest BCUT2D eigenvalue weighted by Gasteiger charge is 2.29. The standard InChI is InChI=1S/C21H19N3O5/c22-23-11-13(25)9-10-19(20(26)27)24-21(28)29-12-18-16-7-3-1-5-14(16)15-6-2-4-8-17(15)18/h1-8,11,18-19H,9-10,12H2,(H,24,28)(H,26,27). The van der Waals surface area contributed by atoms with E-state index in [2.05, 4.69) is 10.1 Å². The van der Waals surface area contributed by atoms with Gasteiger partial charge in [0, 0.05) is 12.3 Å². The zero-order valence-electron chi connectivity index (χ0n) is 15.4. The Kier molecular flexibility index (Phi) is 6.16. The van der Waals surface area contributed by atoms with Gasteiger partial charge >= 0.3 is 18.3 Å². The van der Waals surface area contributed by atoms with Crippen molar-refractivity contribution in [3.63, 3.8) is 0 Å². The van der Waals surface area contributed by atoms with E-state index in [0.717, 1.165) is 22.3 Å². The summed E-state index contributed by atoms with van der Waals surface area (Å²) in [6, 6.07) is 14.4. The number of rotatable bonds is 8. The highest BCUT2D eigenvalue weighted by molar-refractivity contribution is 6.25. The maximum atomic E-state index is 12.2. The van der Waals surface area contributed by atoms with Gasteiger partial charge in [-0.05, 0) is 28.7 Å². The molecule has 2 N–H and O–H groups in total. The summed E-state index contributed by atoms with van der Waals surface area (Å²) in [6.07, 6.45) is -0.524. The summed E-state index contributed by atoms with van der Waals surface area (Å²) in [7, 11) is 0. The minimum atomic E-state index is -1.29. The number of nitrogens with zero attached hydrogens (tertiary/aromatic N) is 2. The van der Waals surface area contributed by atoms with Crippen LogP contribution in [0.4, 0.5) is 4.79 Å². The number of carbonyl (C=O) groups is 3. The molecule has 2 aromatic carbocycles. The summed E-state index contributed by atoms with van der Waals surface area (Å²) in [6.45, 7) is 0.0578. The predicted octanol–water partition coefficient (Wildman–Crippen LogP) is 2.63. The molecular weight excluding hydrogens is 374 g/mol. The Morgan fingerprint density at radius 2 is 1.69 bits per heavy atom. The van der Waals surface area contributed by atoms with Gasteiger partial charge in [0.1, 0.15) is 12.6 Å². The first-order chi connectivity index (χ1) is 14.0. The van der Waals surface area contributed by atoms with Crippen LogP contribution < -0.4 is 5.32 Å². The summed E-state index contributed by atoms with van der Waals surface area (Å²) in [4.78, 5) is 37.4. The number of carbonyl (C=O) groups excluding carboxylic acids is 2. The number of hydrogen-bond acceptors (Lipinski definition) is 4. The Bertz CT molecular complexity index is 952. The Balaban J connectivity index is 1.63. The average molecular weight is 393 g/mol. The number of carboxylic acid groups (broad SMARTS) is 1. The molecule has 1 aliphatic rings. The topological polar surface area (TPSA) is 129 Å². The lowest BCUT2D eigenvalue weighted by atomic mass is 9.98. The van der Waals surface area contributed by atoms with Gasteiger partial charge in [0.05, 0.1) is 0 Å². The number of ketones is 1. The van der Waals surface area contributed by atoms with Gasteiger partial charge in [0.25, 0.3) is 0 Å². The smallest absolute Gasteiger partial charge is 0.407 e. The summed E-state index contributed by atoms with van der Waals surface area (Å²) < 4.78 is 5.31. The zero-order valence-corrected chi connectivity index (χ0v) is 15.4. The maximum absolute atomic E-state index is 12.2. The number of nitrogens with one attached hydrogen (secondary N) is 1. The Morgan fingerprint density at radius 3 is 2.24 bits per heavy atom. The second-order valence-corrected chi connectivity index (χ2v) is 6.61. The Morgan fingerprint density at radius 1 is 1.10 bits per heavy atom. The second-order valence-electron chi connectivity index (χ2n) is 6.61. The summed E-state index contributed by atoms with van der Waals surface area (Å²) in [5, 5.41) is 11.5. The van der Waals surface area contributed by atoms with Crippen molar-refractivity contribution in [3.8, 4) is 11.1 Å². The number of fused-ring (bicyclic) bond motifs is 3. The van der Waals surface area contributed by atoms with Crippen LogP contribution in [0.1, 0.15) is 29.9 Å². The van der Waals surface area contributed by atoms with Gasteiger partial charge in [0.15, 0.2) is 0 Å². The van der Waals surface area contributed by atoms with E-state index in [1.807, 2.05) is 48.5 Å². The number of ether oxygens (including phenoxy) is 1. The molecule has 0 fully saturated rings. The molecule has 1 atom stereocenters. The molecule has 0 spiro atoms. The van der Waals surface area contributed by atoms with E-state index in [0.29, 0.717) is 6.21 Å². The minimum absolute atomic E-state index is 0.0578. The fourth-order valence-electron chi connectivity index (χ4n) is 3.46. The van der Waals surface area contributed by atoms with Crippen LogP contribution in [0, 0.1) is 0 Å². The fraction of sp³-hybridized carbons (Fsp3) is 0.238. The fourth-order valence-corrected chi connectivity index (χ4v) is 3.46. The first kappa shape index (κ1) is 20.0. The first-order valence-corrected chi connectivity index (χ1v) is 9.06. The molecule has 0 bridgehead atoms. The molecule has 148 valence electrons. The highest BCUT2D eigenvalue weighted by Crippen LogP contribution is 2.44. The molecule has 0 heterocycles. The largest absolute Gasteiger partial charge is 0.480 e. The Hall–Kier alpha value is -3.77. The van der Waals surface area contributed by atoms with Crippen LogP contribution in [-0.2, 0) is 14.3 Å². The Labute approximate surface area is 166 Å². The van der Waals surface area contributed by atoms with E-state index in [4.69, 9.17) is 10.3 Å². The molecule has 0 aromatic heterocycles. The SMILES string of the molecule is [N-]=[N+]=CC(=O)CCC(NC(=O)OCC1c2ccccc2-c2ccccc21)C(=O)O. The molecule has 0 radical (unpaired) electrons. The van der Waals surface area contributed by atoms with E-state index < -0.39 is 23.9 Å². The summed E-state index contributed by atoms with van der Waals surface area (Å²) in [5.41, 5.74) is 12.6. The molecule has 0 saturated carbocycles. The van der Waals surface area contributed by atoms with Crippen molar-refractivity contribution in [1.82, 2.24) is 5.32 Å². The van der Waals surface area contributed by atoms with Crippen LogP contribution in [0.5, 0.6) is 0 Å². The van der Waals surface area contributed by atoms with Gasteiger partial charge in [-0.3, -0.25) is 4.79 Å².